The minimum atomic E-state index is -0.131. The number of benzene rings is 1. The van der Waals surface area contributed by atoms with E-state index in [0.717, 1.165) is 5.56 Å². The fourth-order valence-electron chi connectivity index (χ4n) is 2.77. The maximum Gasteiger partial charge on any atom is 0.274 e. The topological polar surface area (TPSA) is 59.7 Å². The minimum absolute atomic E-state index is 0.0782. The molecule has 0 aliphatic rings. The molecule has 7 heteroatoms. The average molecular weight is 370 g/mol. The van der Waals surface area contributed by atoms with Crippen LogP contribution < -0.4 is 0 Å². The van der Waals surface area contributed by atoms with E-state index < -0.39 is 0 Å². The molecule has 0 spiro atoms. The van der Waals surface area contributed by atoms with Crippen molar-refractivity contribution in [2.24, 2.45) is 0 Å². The van der Waals surface area contributed by atoms with Gasteiger partial charge in [-0.15, -0.1) is 11.8 Å². The van der Waals surface area contributed by atoms with Gasteiger partial charge in [-0.3, -0.25) is 9.20 Å². The molecule has 0 N–H and O–H groups in total. The molecular weight excluding hydrogens is 348 g/mol. The molecule has 0 radical (unpaired) electrons. The Hall–Kier alpha value is -2.38. The van der Waals surface area contributed by atoms with E-state index in [9.17, 15) is 4.79 Å². The van der Waals surface area contributed by atoms with Crippen molar-refractivity contribution in [2.45, 2.75) is 24.4 Å². The number of nitrogens with zero attached hydrogens (tertiary/aromatic N) is 4. The number of aromatic nitrogens is 3. The monoisotopic (exact) mass is 370 g/mol. The largest absolute Gasteiger partial charge is 0.383 e. The number of rotatable bonds is 7. The number of fused-ring (bicyclic) bond motifs is 1. The van der Waals surface area contributed by atoms with Crippen LogP contribution in [0.25, 0.3) is 5.78 Å². The summed E-state index contributed by atoms with van der Waals surface area (Å²) in [6.07, 6.45) is 7.25. The predicted octanol–water partition coefficient (Wildman–Crippen LogP) is 3.13. The van der Waals surface area contributed by atoms with Crippen LogP contribution in [-0.2, 0) is 11.3 Å². The van der Waals surface area contributed by atoms with Crippen LogP contribution in [0.2, 0.25) is 0 Å². The Kier molecular flexibility index (Phi) is 5.90. The zero-order chi connectivity index (χ0) is 18.5. The molecule has 1 amide bonds. The van der Waals surface area contributed by atoms with E-state index >= 15 is 0 Å². The van der Waals surface area contributed by atoms with E-state index in [1.54, 1.807) is 40.6 Å². The number of methoxy groups -OCH3 is 1. The molecule has 136 valence electrons. The summed E-state index contributed by atoms with van der Waals surface area (Å²) >= 11 is 1.70. The lowest BCUT2D eigenvalue weighted by atomic mass is 10.1. The van der Waals surface area contributed by atoms with Crippen molar-refractivity contribution < 1.29 is 9.53 Å². The van der Waals surface area contributed by atoms with Gasteiger partial charge in [-0.05, 0) is 36.9 Å². The lowest BCUT2D eigenvalue weighted by Crippen LogP contribution is -2.40. The minimum Gasteiger partial charge on any atom is -0.383 e. The maximum atomic E-state index is 13.1. The molecule has 6 nitrogen and oxygen atoms in total. The number of carbonyl (C=O) groups excluding carboxylic acids is 1. The van der Waals surface area contributed by atoms with E-state index in [4.69, 9.17) is 4.74 Å². The van der Waals surface area contributed by atoms with Crippen LogP contribution in [0.3, 0.4) is 0 Å². The third-order valence-electron chi connectivity index (χ3n) is 4.17. The molecule has 0 bridgehead atoms. The molecule has 0 aliphatic carbocycles. The van der Waals surface area contributed by atoms with Crippen molar-refractivity contribution in [3.05, 3.63) is 60.2 Å². The van der Waals surface area contributed by atoms with Gasteiger partial charge in [-0.2, -0.15) is 0 Å². The SMILES string of the molecule is COC[C@@H](C)N(Cc1ccc(SC)cc1)C(=O)c1cn2cccnc2n1. The molecule has 3 rings (SSSR count). The third-order valence-corrected chi connectivity index (χ3v) is 4.91. The van der Waals surface area contributed by atoms with Crippen LogP contribution in [-0.4, -0.2) is 51.2 Å². The number of ether oxygens (including phenoxy) is 1. The first kappa shape index (κ1) is 18.4. The summed E-state index contributed by atoms with van der Waals surface area (Å²) in [5.74, 6) is 0.383. The smallest absolute Gasteiger partial charge is 0.274 e. The Labute approximate surface area is 157 Å². The van der Waals surface area contributed by atoms with Crippen molar-refractivity contribution in [1.82, 2.24) is 19.3 Å². The Balaban J connectivity index is 1.87. The Bertz CT molecular complexity index is 846. The summed E-state index contributed by atoms with van der Waals surface area (Å²) in [6, 6.07) is 9.97. The van der Waals surface area contributed by atoms with Gasteiger partial charge >= 0.3 is 0 Å². The van der Waals surface area contributed by atoms with Crippen molar-refractivity contribution >= 4 is 23.4 Å². The van der Waals surface area contributed by atoms with Crippen LogP contribution in [0.5, 0.6) is 0 Å². The van der Waals surface area contributed by atoms with E-state index in [0.29, 0.717) is 24.6 Å². The van der Waals surface area contributed by atoms with E-state index in [-0.39, 0.29) is 11.9 Å². The highest BCUT2D eigenvalue weighted by atomic mass is 32.2. The number of thioether (sulfide) groups is 1. The molecule has 3 aromatic rings. The number of imidazole rings is 1. The van der Waals surface area contributed by atoms with Crippen LogP contribution in [0.4, 0.5) is 0 Å². The molecule has 1 aromatic carbocycles. The van der Waals surface area contributed by atoms with Crippen LogP contribution in [0.1, 0.15) is 23.0 Å². The highest BCUT2D eigenvalue weighted by molar-refractivity contribution is 7.98. The summed E-state index contributed by atoms with van der Waals surface area (Å²) in [7, 11) is 1.64. The standard InChI is InChI=1S/C19H22N4O2S/c1-14(13-25-2)23(11-15-5-7-16(26-3)8-6-15)18(24)17-12-22-10-4-9-20-19(22)21-17/h4-10,12,14H,11,13H2,1-3H3/t14-/m1/s1. The quantitative estimate of drug-likeness (QED) is 0.598. The third kappa shape index (κ3) is 4.05. The zero-order valence-corrected chi connectivity index (χ0v) is 15.9. The first-order chi connectivity index (χ1) is 12.6. The summed E-state index contributed by atoms with van der Waals surface area (Å²) in [6.45, 7) is 2.94. The predicted molar refractivity (Wildman–Crippen MR) is 102 cm³/mol. The van der Waals surface area contributed by atoms with Gasteiger partial charge in [0.25, 0.3) is 5.91 Å². The van der Waals surface area contributed by atoms with Gasteiger partial charge in [-0.1, -0.05) is 12.1 Å². The normalized spacial score (nSPS) is 12.3. The van der Waals surface area contributed by atoms with Gasteiger partial charge in [0.05, 0.1) is 12.6 Å². The molecule has 0 unspecified atom stereocenters. The molecule has 2 aromatic heterocycles. The van der Waals surface area contributed by atoms with Crippen molar-refractivity contribution in [3.63, 3.8) is 0 Å². The van der Waals surface area contributed by atoms with E-state index in [2.05, 4.69) is 34.2 Å². The van der Waals surface area contributed by atoms with Crippen molar-refractivity contribution in [2.75, 3.05) is 20.0 Å². The second-order valence-electron chi connectivity index (χ2n) is 6.04. The number of hydrogen-bond donors (Lipinski definition) is 0. The zero-order valence-electron chi connectivity index (χ0n) is 15.1. The second kappa shape index (κ2) is 8.33. The maximum absolute atomic E-state index is 13.1. The first-order valence-corrected chi connectivity index (χ1v) is 9.57. The molecular formula is C19H22N4O2S. The van der Waals surface area contributed by atoms with Gasteiger partial charge in [0.1, 0.15) is 5.69 Å². The van der Waals surface area contributed by atoms with Crippen molar-refractivity contribution in [3.8, 4) is 0 Å². The van der Waals surface area contributed by atoms with Crippen LogP contribution in [0, 0.1) is 0 Å². The van der Waals surface area contributed by atoms with Gasteiger partial charge in [-0.25, -0.2) is 9.97 Å². The molecule has 0 fully saturated rings. The lowest BCUT2D eigenvalue weighted by molar-refractivity contribution is 0.0537. The van der Waals surface area contributed by atoms with Crippen molar-refractivity contribution in [1.29, 1.82) is 0 Å². The molecule has 0 aliphatic heterocycles. The Morgan fingerprint density at radius 2 is 2.12 bits per heavy atom. The first-order valence-electron chi connectivity index (χ1n) is 8.35. The number of hydrogen-bond acceptors (Lipinski definition) is 5. The summed E-state index contributed by atoms with van der Waals surface area (Å²) in [5, 5.41) is 0. The Morgan fingerprint density at radius 1 is 1.35 bits per heavy atom. The van der Waals surface area contributed by atoms with Crippen LogP contribution in [0.15, 0.2) is 53.8 Å². The average Bonchev–Trinajstić information content (AvgIpc) is 3.10. The number of carbonyl (C=O) groups is 1. The highest BCUT2D eigenvalue weighted by Crippen LogP contribution is 2.18. The summed E-state index contributed by atoms with van der Waals surface area (Å²) in [5.41, 5.74) is 1.45. The summed E-state index contributed by atoms with van der Waals surface area (Å²) in [4.78, 5) is 24.7. The second-order valence-corrected chi connectivity index (χ2v) is 6.92. The highest BCUT2D eigenvalue weighted by Gasteiger charge is 2.24. The van der Waals surface area contributed by atoms with Crippen LogP contribution >= 0.6 is 11.8 Å². The number of amides is 1. The molecule has 1 atom stereocenters. The van der Waals surface area contributed by atoms with Gasteiger partial charge in [0, 0.05) is 37.1 Å². The lowest BCUT2D eigenvalue weighted by Gasteiger charge is -2.28. The van der Waals surface area contributed by atoms with E-state index in [1.807, 2.05) is 25.4 Å². The Morgan fingerprint density at radius 3 is 2.77 bits per heavy atom. The molecule has 0 saturated carbocycles. The fourth-order valence-corrected chi connectivity index (χ4v) is 3.18. The molecule has 0 saturated heterocycles. The van der Waals surface area contributed by atoms with Gasteiger partial charge in [0.2, 0.25) is 5.78 Å². The fraction of sp³-hybridized carbons (Fsp3) is 0.316. The molecule has 26 heavy (non-hydrogen) atoms. The summed E-state index contributed by atoms with van der Waals surface area (Å²) < 4.78 is 7.02. The van der Waals surface area contributed by atoms with E-state index in [1.165, 1.54) is 4.90 Å². The van der Waals surface area contributed by atoms with Gasteiger partial charge in [0.15, 0.2) is 0 Å². The van der Waals surface area contributed by atoms with Gasteiger partial charge < -0.3 is 9.64 Å². The molecule has 2 heterocycles.